The molecule has 0 aliphatic rings. The highest BCUT2D eigenvalue weighted by molar-refractivity contribution is 9.11. The van der Waals surface area contributed by atoms with Gasteiger partial charge in [-0.1, -0.05) is 12.2 Å². The molecular weight excluding hydrogens is 368 g/mol. The Hall–Kier alpha value is -0.0200. The van der Waals surface area contributed by atoms with E-state index in [0.717, 1.165) is 9.35 Å². The van der Waals surface area contributed by atoms with Gasteiger partial charge in [0.25, 0.3) is 10.0 Å². The van der Waals surface area contributed by atoms with Gasteiger partial charge in [0, 0.05) is 19.0 Å². The second kappa shape index (κ2) is 6.62. The molecule has 1 rings (SSSR count). The molecular formula is C11H17BrN2O2S3. The first kappa shape index (κ1) is 17.0. The molecule has 0 unspecified atom stereocenters. The molecule has 0 fully saturated rings. The normalized spacial score (nSPS) is 12.3. The quantitative estimate of drug-likeness (QED) is 0.765. The summed E-state index contributed by atoms with van der Waals surface area (Å²) in [6.07, 6.45) is 0.387. The van der Waals surface area contributed by atoms with Crippen LogP contribution in [0.5, 0.6) is 0 Å². The Kier molecular flexibility index (Phi) is 5.94. The molecule has 19 heavy (non-hydrogen) atoms. The van der Waals surface area contributed by atoms with E-state index in [9.17, 15) is 8.42 Å². The summed E-state index contributed by atoms with van der Waals surface area (Å²) in [5, 5.41) is 0. The molecule has 0 aliphatic carbocycles. The lowest BCUT2D eigenvalue weighted by Crippen LogP contribution is -2.38. The van der Waals surface area contributed by atoms with Crippen molar-refractivity contribution < 1.29 is 8.42 Å². The van der Waals surface area contributed by atoms with Gasteiger partial charge < -0.3 is 5.73 Å². The van der Waals surface area contributed by atoms with Gasteiger partial charge >= 0.3 is 0 Å². The third-order valence-corrected chi connectivity index (χ3v) is 7.42. The van der Waals surface area contributed by atoms with Gasteiger partial charge in [-0.05, 0) is 48.3 Å². The largest absolute Gasteiger partial charge is 0.393 e. The van der Waals surface area contributed by atoms with Crippen LogP contribution in [0, 0.1) is 6.92 Å². The monoisotopic (exact) mass is 384 g/mol. The molecule has 0 spiro atoms. The Morgan fingerprint density at radius 2 is 2.16 bits per heavy atom. The fourth-order valence-electron chi connectivity index (χ4n) is 1.55. The molecule has 1 aromatic heterocycles. The fourth-order valence-corrected chi connectivity index (χ4v) is 5.64. The molecule has 0 saturated heterocycles. The highest BCUT2D eigenvalue weighted by Crippen LogP contribution is 2.32. The number of thiophene rings is 1. The number of hydrogen-bond donors (Lipinski definition) is 1. The van der Waals surface area contributed by atoms with Crippen LogP contribution >= 0.6 is 39.5 Å². The first-order valence-electron chi connectivity index (χ1n) is 5.72. The minimum atomic E-state index is -3.49. The second-order valence-corrected chi connectivity index (χ2v) is 9.46. The van der Waals surface area contributed by atoms with E-state index in [1.54, 1.807) is 6.07 Å². The summed E-state index contributed by atoms with van der Waals surface area (Å²) < 4.78 is 27.8. The number of halogens is 1. The van der Waals surface area contributed by atoms with Crippen LogP contribution in [0.4, 0.5) is 0 Å². The summed E-state index contributed by atoms with van der Waals surface area (Å²) in [7, 11) is -3.49. The molecule has 2 N–H and O–H groups in total. The Labute approximate surface area is 132 Å². The molecule has 0 radical (unpaired) electrons. The van der Waals surface area contributed by atoms with Crippen molar-refractivity contribution in [2.24, 2.45) is 5.73 Å². The van der Waals surface area contributed by atoms with Gasteiger partial charge in [0.15, 0.2) is 0 Å². The first-order valence-corrected chi connectivity index (χ1v) is 9.18. The van der Waals surface area contributed by atoms with Gasteiger partial charge in [0.2, 0.25) is 0 Å². The molecule has 1 aromatic rings. The molecule has 0 aliphatic heterocycles. The van der Waals surface area contributed by atoms with Gasteiger partial charge in [0.1, 0.15) is 4.21 Å². The first-order chi connectivity index (χ1) is 8.66. The zero-order valence-corrected chi connectivity index (χ0v) is 15.0. The van der Waals surface area contributed by atoms with Crippen LogP contribution in [0.15, 0.2) is 14.1 Å². The van der Waals surface area contributed by atoms with Crippen LogP contribution in [0.2, 0.25) is 0 Å². The van der Waals surface area contributed by atoms with Gasteiger partial charge in [-0.15, -0.1) is 11.3 Å². The number of aryl methyl sites for hydroxylation is 1. The van der Waals surface area contributed by atoms with E-state index in [1.165, 1.54) is 15.6 Å². The molecule has 0 aromatic carbocycles. The van der Waals surface area contributed by atoms with E-state index in [1.807, 2.05) is 20.8 Å². The van der Waals surface area contributed by atoms with Crippen LogP contribution in [-0.4, -0.2) is 30.3 Å². The topological polar surface area (TPSA) is 63.4 Å². The van der Waals surface area contributed by atoms with E-state index in [4.69, 9.17) is 18.0 Å². The Morgan fingerprint density at radius 3 is 2.53 bits per heavy atom. The van der Waals surface area contributed by atoms with Gasteiger partial charge in [-0.2, -0.15) is 4.31 Å². The van der Waals surface area contributed by atoms with Crippen LogP contribution < -0.4 is 5.73 Å². The third kappa shape index (κ3) is 4.22. The molecule has 0 saturated carbocycles. The lowest BCUT2D eigenvalue weighted by Gasteiger charge is -2.24. The maximum absolute atomic E-state index is 12.6. The van der Waals surface area contributed by atoms with Crippen molar-refractivity contribution in [3.8, 4) is 0 Å². The molecule has 0 bridgehead atoms. The molecule has 4 nitrogen and oxygen atoms in total. The number of nitrogens with two attached hydrogens (primary N) is 1. The lowest BCUT2D eigenvalue weighted by atomic mass is 10.3. The van der Waals surface area contributed by atoms with Crippen LogP contribution in [0.25, 0.3) is 0 Å². The molecule has 1 heterocycles. The van der Waals surface area contributed by atoms with E-state index in [-0.39, 0.29) is 6.04 Å². The van der Waals surface area contributed by atoms with Crippen molar-refractivity contribution >= 4 is 54.5 Å². The highest BCUT2D eigenvalue weighted by atomic mass is 79.9. The van der Waals surface area contributed by atoms with E-state index in [2.05, 4.69) is 15.9 Å². The Balaban J connectivity index is 3.09. The summed E-state index contributed by atoms with van der Waals surface area (Å²) in [6, 6.07) is 1.54. The summed E-state index contributed by atoms with van der Waals surface area (Å²) in [4.78, 5) is 0.324. The molecule has 8 heteroatoms. The third-order valence-electron chi connectivity index (χ3n) is 2.55. The number of nitrogens with zero attached hydrogens (tertiary/aromatic N) is 1. The Bertz CT molecular complexity index is 547. The van der Waals surface area contributed by atoms with E-state index >= 15 is 0 Å². The Morgan fingerprint density at radius 1 is 1.58 bits per heavy atom. The predicted octanol–water partition coefficient (Wildman–Crippen LogP) is 2.89. The van der Waals surface area contributed by atoms with Crippen molar-refractivity contribution in [3.05, 3.63) is 15.4 Å². The minimum absolute atomic E-state index is 0.138. The zero-order chi connectivity index (χ0) is 14.8. The molecule has 0 amide bonds. The smallest absolute Gasteiger partial charge is 0.252 e. The molecule has 108 valence electrons. The van der Waals surface area contributed by atoms with Gasteiger partial charge in [-0.25, -0.2) is 8.42 Å². The summed E-state index contributed by atoms with van der Waals surface area (Å²) in [5.74, 6) is 0. The molecule has 0 atom stereocenters. The maximum atomic E-state index is 12.6. The zero-order valence-electron chi connectivity index (χ0n) is 11.0. The summed E-state index contributed by atoms with van der Waals surface area (Å²) in [5.41, 5.74) is 6.37. The maximum Gasteiger partial charge on any atom is 0.252 e. The fraction of sp³-hybridized carbons (Fsp3) is 0.545. The van der Waals surface area contributed by atoms with Crippen molar-refractivity contribution in [1.82, 2.24) is 4.31 Å². The van der Waals surface area contributed by atoms with Gasteiger partial charge in [-0.3, -0.25) is 0 Å². The predicted molar refractivity (Wildman–Crippen MR) is 87.2 cm³/mol. The van der Waals surface area contributed by atoms with Crippen LogP contribution in [-0.2, 0) is 10.0 Å². The SMILES string of the molecule is Cc1cc(S(=O)(=O)N(CCC(N)=S)C(C)C)sc1Br. The van der Waals surface area contributed by atoms with E-state index in [0.29, 0.717) is 22.2 Å². The van der Waals surface area contributed by atoms with E-state index < -0.39 is 10.0 Å². The summed E-state index contributed by atoms with van der Waals surface area (Å²) >= 11 is 9.39. The minimum Gasteiger partial charge on any atom is -0.393 e. The number of sulfonamides is 1. The lowest BCUT2D eigenvalue weighted by molar-refractivity contribution is 0.363. The standard InChI is InChI=1S/C11H17BrN2O2S3/c1-7(2)14(5-4-9(13)17)19(15,16)10-6-8(3)11(12)18-10/h6-7H,4-5H2,1-3H3,(H2,13,17). The number of hydrogen-bond acceptors (Lipinski definition) is 4. The van der Waals surface area contributed by atoms with Crippen molar-refractivity contribution in [2.45, 2.75) is 37.4 Å². The van der Waals surface area contributed by atoms with Gasteiger partial charge in [0.05, 0.1) is 8.77 Å². The number of rotatable bonds is 6. The van der Waals surface area contributed by atoms with Crippen LogP contribution in [0.3, 0.4) is 0 Å². The average Bonchev–Trinajstić information content (AvgIpc) is 2.58. The van der Waals surface area contributed by atoms with Crippen molar-refractivity contribution in [1.29, 1.82) is 0 Å². The highest BCUT2D eigenvalue weighted by Gasteiger charge is 2.28. The number of thiocarbonyl (C=S) groups is 1. The average molecular weight is 385 g/mol. The van der Waals surface area contributed by atoms with Crippen LogP contribution in [0.1, 0.15) is 25.8 Å². The van der Waals surface area contributed by atoms with Crippen molar-refractivity contribution in [2.75, 3.05) is 6.54 Å². The summed E-state index contributed by atoms with van der Waals surface area (Å²) in [6.45, 7) is 5.86. The van der Waals surface area contributed by atoms with Crippen molar-refractivity contribution in [3.63, 3.8) is 0 Å². The second-order valence-electron chi connectivity index (χ2n) is 4.45.